The number of sulfonamides is 1. The van der Waals surface area contributed by atoms with Gasteiger partial charge in [0, 0.05) is 23.1 Å². The minimum atomic E-state index is -3.88. The molecule has 0 aromatic heterocycles. The van der Waals surface area contributed by atoms with Crippen LogP contribution < -0.4 is 9.46 Å². The molecule has 0 saturated carbocycles. The highest BCUT2D eigenvalue weighted by Crippen LogP contribution is 2.32. The molecule has 0 spiro atoms. The molecule has 6 nitrogen and oxygen atoms in total. The number of nitrogens with zero attached hydrogens (tertiary/aromatic N) is 2. The average molecular weight is 414 g/mol. The summed E-state index contributed by atoms with van der Waals surface area (Å²) >= 11 is 11.9. The van der Waals surface area contributed by atoms with E-state index < -0.39 is 10.0 Å². The Morgan fingerprint density at radius 2 is 1.81 bits per heavy atom. The van der Waals surface area contributed by atoms with Crippen LogP contribution in [0.1, 0.15) is 5.56 Å². The molecule has 0 saturated heterocycles. The summed E-state index contributed by atoms with van der Waals surface area (Å²) in [7, 11) is -0.208. The van der Waals surface area contributed by atoms with Crippen molar-refractivity contribution >= 4 is 33.2 Å². The second kappa shape index (κ2) is 8.71. The molecule has 0 bridgehead atoms. The van der Waals surface area contributed by atoms with Crippen molar-refractivity contribution in [3.05, 3.63) is 52.0 Å². The molecule has 1 N–H and O–H groups in total. The van der Waals surface area contributed by atoms with Crippen LogP contribution in [0.25, 0.3) is 0 Å². The second-order valence-corrected chi connectivity index (χ2v) is 8.29. The van der Waals surface area contributed by atoms with Gasteiger partial charge in [-0.3, -0.25) is 0 Å². The van der Waals surface area contributed by atoms with E-state index in [1.165, 1.54) is 36.4 Å². The summed E-state index contributed by atoms with van der Waals surface area (Å²) in [5, 5.41) is 9.79. The summed E-state index contributed by atoms with van der Waals surface area (Å²) in [6.45, 7) is 0.742. The molecule has 0 atom stereocenters. The van der Waals surface area contributed by atoms with E-state index in [2.05, 4.69) is 4.72 Å². The van der Waals surface area contributed by atoms with Gasteiger partial charge < -0.3 is 9.64 Å². The third kappa shape index (κ3) is 5.59. The second-order valence-electron chi connectivity index (χ2n) is 5.68. The molecular weight excluding hydrogens is 397 g/mol. The Morgan fingerprint density at radius 1 is 1.15 bits per heavy atom. The summed E-state index contributed by atoms with van der Waals surface area (Å²) in [6, 6.07) is 10.7. The third-order valence-corrected chi connectivity index (χ3v) is 5.20. The zero-order chi connectivity index (χ0) is 19.3. The Kier molecular flexibility index (Phi) is 6.87. The number of hydrogen-bond acceptors (Lipinski definition) is 5. The molecule has 2 aromatic rings. The van der Waals surface area contributed by atoms with E-state index in [4.69, 9.17) is 33.2 Å². The van der Waals surface area contributed by atoms with E-state index >= 15 is 0 Å². The van der Waals surface area contributed by atoms with Crippen LogP contribution in [0.3, 0.4) is 0 Å². The molecule has 0 heterocycles. The van der Waals surface area contributed by atoms with Crippen LogP contribution in [0.5, 0.6) is 11.5 Å². The van der Waals surface area contributed by atoms with Gasteiger partial charge in [-0.05, 0) is 50.5 Å². The van der Waals surface area contributed by atoms with Crippen LogP contribution >= 0.6 is 23.2 Å². The first kappa shape index (κ1) is 20.5. The maximum absolute atomic E-state index is 12.7. The lowest BCUT2D eigenvalue weighted by Crippen LogP contribution is -2.31. The van der Waals surface area contributed by atoms with Gasteiger partial charge >= 0.3 is 0 Å². The minimum absolute atomic E-state index is 0.0692. The van der Waals surface area contributed by atoms with Crippen LogP contribution in [0.15, 0.2) is 41.3 Å². The molecule has 9 heteroatoms. The summed E-state index contributed by atoms with van der Waals surface area (Å²) in [6.07, 6.45) is 0. The smallest absolute Gasteiger partial charge is 0.244 e. The van der Waals surface area contributed by atoms with Crippen molar-refractivity contribution in [1.29, 1.82) is 5.26 Å². The van der Waals surface area contributed by atoms with E-state index in [1.807, 2.05) is 25.1 Å². The quantitative estimate of drug-likeness (QED) is 0.750. The monoisotopic (exact) mass is 413 g/mol. The number of halogens is 2. The molecule has 2 rings (SSSR count). The number of hydrogen-bond donors (Lipinski definition) is 1. The lowest BCUT2D eigenvalue weighted by molar-refractivity contribution is 0.412. The summed E-state index contributed by atoms with van der Waals surface area (Å²) in [5.74, 6) is 0.358. The Bertz CT molecular complexity index is 921. The largest absolute Gasteiger partial charge is 0.456 e. The molecule has 0 fully saturated rings. The van der Waals surface area contributed by atoms with Gasteiger partial charge in [0.1, 0.15) is 16.4 Å². The van der Waals surface area contributed by atoms with Crippen molar-refractivity contribution in [2.45, 2.75) is 4.90 Å². The fourth-order valence-corrected chi connectivity index (χ4v) is 3.75. The summed E-state index contributed by atoms with van der Waals surface area (Å²) < 4.78 is 33.5. The molecule has 2 aromatic carbocycles. The van der Waals surface area contributed by atoms with Crippen LogP contribution in [0, 0.1) is 11.3 Å². The molecule has 138 valence electrons. The zero-order valence-corrected chi connectivity index (χ0v) is 16.5. The number of likely N-dealkylation sites (N-methyl/N-ethyl adjacent to an activating group) is 1. The van der Waals surface area contributed by atoms with Crippen LogP contribution in [0.2, 0.25) is 10.0 Å². The van der Waals surface area contributed by atoms with Crippen LogP contribution in [-0.4, -0.2) is 40.5 Å². The van der Waals surface area contributed by atoms with Gasteiger partial charge in [-0.1, -0.05) is 23.2 Å². The first-order valence-electron chi connectivity index (χ1n) is 7.54. The molecule has 0 aliphatic heterocycles. The lowest BCUT2D eigenvalue weighted by Gasteiger charge is -2.14. The van der Waals surface area contributed by atoms with Crippen molar-refractivity contribution in [3.63, 3.8) is 0 Å². The SMILES string of the molecule is CN(C)CCNS(=O)(=O)c1cc(C#N)ccc1Oc1cc(Cl)cc(Cl)c1. The predicted molar refractivity (Wildman–Crippen MR) is 101 cm³/mol. The van der Waals surface area contributed by atoms with Gasteiger partial charge in [-0.2, -0.15) is 5.26 Å². The fourth-order valence-electron chi connectivity index (χ4n) is 2.07. The van der Waals surface area contributed by atoms with E-state index in [1.54, 1.807) is 0 Å². The van der Waals surface area contributed by atoms with Crippen molar-refractivity contribution in [2.24, 2.45) is 0 Å². The van der Waals surface area contributed by atoms with Crippen LogP contribution in [0.4, 0.5) is 0 Å². The minimum Gasteiger partial charge on any atom is -0.456 e. The number of nitriles is 1. The normalized spacial score (nSPS) is 11.4. The lowest BCUT2D eigenvalue weighted by atomic mass is 10.2. The highest BCUT2D eigenvalue weighted by atomic mass is 35.5. The fraction of sp³-hybridized carbons (Fsp3) is 0.235. The highest BCUT2D eigenvalue weighted by Gasteiger charge is 2.21. The predicted octanol–water partition coefficient (Wildman–Crippen LogP) is 3.50. The maximum atomic E-state index is 12.7. The maximum Gasteiger partial charge on any atom is 0.244 e. The van der Waals surface area contributed by atoms with E-state index in [0.717, 1.165) is 0 Å². The molecule has 0 aliphatic carbocycles. The van der Waals surface area contributed by atoms with E-state index in [0.29, 0.717) is 16.6 Å². The van der Waals surface area contributed by atoms with E-state index in [-0.39, 0.29) is 28.5 Å². The Hall–Kier alpha value is -1.82. The Balaban J connectivity index is 2.39. The molecule has 0 aliphatic rings. The molecular formula is C17H17Cl2N3O3S. The van der Waals surface area contributed by atoms with Gasteiger partial charge in [0.2, 0.25) is 10.0 Å². The zero-order valence-electron chi connectivity index (χ0n) is 14.2. The van der Waals surface area contributed by atoms with Crippen molar-refractivity contribution < 1.29 is 13.2 Å². The van der Waals surface area contributed by atoms with Gasteiger partial charge in [0.05, 0.1) is 11.6 Å². The Labute approximate surface area is 162 Å². The Morgan fingerprint density at radius 3 is 2.38 bits per heavy atom. The van der Waals surface area contributed by atoms with Gasteiger partial charge in [0.15, 0.2) is 0 Å². The summed E-state index contributed by atoms with van der Waals surface area (Å²) in [5.41, 5.74) is 0.203. The molecule has 0 radical (unpaired) electrons. The standard InChI is InChI=1S/C17H17Cl2N3O3S/c1-22(2)6-5-21-26(23,24)17-7-12(11-20)3-4-16(17)25-15-9-13(18)8-14(19)10-15/h3-4,7-10,21H,5-6H2,1-2H3. The first-order chi connectivity index (χ1) is 12.2. The molecule has 0 unspecified atom stereocenters. The third-order valence-electron chi connectivity index (χ3n) is 3.28. The topological polar surface area (TPSA) is 82.4 Å². The number of ether oxygens (including phenoxy) is 1. The van der Waals surface area contributed by atoms with Gasteiger partial charge in [0.25, 0.3) is 0 Å². The number of rotatable bonds is 7. The molecule has 0 amide bonds. The van der Waals surface area contributed by atoms with Crippen molar-refractivity contribution in [2.75, 3.05) is 27.2 Å². The van der Waals surface area contributed by atoms with Gasteiger partial charge in [-0.25, -0.2) is 13.1 Å². The average Bonchev–Trinajstić information content (AvgIpc) is 2.53. The van der Waals surface area contributed by atoms with Crippen molar-refractivity contribution in [3.8, 4) is 17.6 Å². The number of nitrogens with one attached hydrogen (secondary N) is 1. The molecule has 26 heavy (non-hydrogen) atoms. The summed E-state index contributed by atoms with van der Waals surface area (Å²) in [4.78, 5) is 1.71. The van der Waals surface area contributed by atoms with E-state index in [9.17, 15) is 8.42 Å². The van der Waals surface area contributed by atoms with Crippen molar-refractivity contribution in [1.82, 2.24) is 9.62 Å². The number of benzene rings is 2. The van der Waals surface area contributed by atoms with Gasteiger partial charge in [-0.15, -0.1) is 0 Å². The first-order valence-corrected chi connectivity index (χ1v) is 9.77. The highest BCUT2D eigenvalue weighted by molar-refractivity contribution is 7.89. The van der Waals surface area contributed by atoms with Crippen LogP contribution in [-0.2, 0) is 10.0 Å².